The fourth-order valence-corrected chi connectivity index (χ4v) is 5.58. The average Bonchev–Trinajstić information content (AvgIpc) is 3.18. The van der Waals surface area contributed by atoms with Gasteiger partial charge in [-0.2, -0.15) is 0 Å². The molecule has 0 saturated heterocycles. The first kappa shape index (κ1) is 19.0. The van der Waals surface area contributed by atoms with Gasteiger partial charge in [-0.15, -0.1) is 0 Å². The van der Waals surface area contributed by atoms with Gasteiger partial charge in [0, 0.05) is 26.4 Å². The number of nitrogens with zero attached hydrogens (tertiary/aromatic N) is 1. The minimum atomic E-state index is -3.18. The molecule has 0 radical (unpaired) electrons. The molecule has 2 aliphatic carbocycles. The van der Waals surface area contributed by atoms with Gasteiger partial charge in [-0.25, -0.2) is 8.42 Å². The van der Waals surface area contributed by atoms with E-state index in [4.69, 9.17) is 0 Å². The maximum Gasteiger partial charge on any atom is 0.191 e. The minimum Gasteiger partial charge on any atom is -0.356 e. The Morgan fingerprint density at radius 3 is 2.68 bits per heavy atom. The lowest BCUT2D eigenvalue weighted by Gasteiger charge is -2.14. The number of sulfone groups is 1. The molecule has 3 atom stereocenters. The molecule has 2 aromatic rings. The smallest absolute Gasteiger partial charge is 0.191 e. The van der Waals surface area contributed by atoms with Crippen LogP contribution < -0.4 is 10.6 Å². The highest BCUT2D eigenvalue weighted by molar-refractivity contribution is 7.90. The molecule has 0 bridgehead atoms. The van der Waals surface area contributed by atoms with Crippen molar-refractivity contribution in [1.82, 2.24) is 10.6 Å². The molecule has 0 amide bonds. The number of guanidine groups is 1. The predicted octanol–water partition coefficient (Wildman–Crippen LogP) is 2.65. The van der Waals surface area contributed by atoms with Crippen molar-refractivity contribution in [3.05, 3.63) is 64.7 Å². The maximum absolute atomic E-state index is 11.7. The van der Waals surface area contributed by atoms with Crippen LogP contribution in [0.15, 0.2) is 52.4 Å². The van der Waals surface area contributed by atoms with Crippen molar-refractivity contribution in [3.8, 4) is 0 Å². The zero-order valence-electron chi connectivity index (χ0n) is 16.6. The molecule has 0 spiro atoms. The lowest BCUT2D eigenvalue weighted by atomic mass is 10.0. The van der Waals surface area contributed by atoms with Crippen molar-refractivity contribution in [1.29, 1.82) is 0 Å². The summed E-state index contributed by atoms with van der Waals surface area (Å²) >= 11 is 0. The normalized spacial score (nSPS) is 23.1. The van der Waals surface area contributed by atoms with Crippen molar-refractivity contribution < 1.29 is 8.42 Å². The molecule has 0 aliphatic heterocycles. The van der Waals surface area contributed by atoms with Gasteiger partial charge in [0.1, 0.15) is 0 Å². The first-order valence-electron chi connectivity index (χ1n) is 9.70. The standard InChI is InChI=1S/C22H27N3O2S/c1-14-10-15(8-9-20(14)28(3,26)27)12-24-22(23-2)25-13-19-18-11-16-6-4-5-7-17(16)21(18)19/h4-10,18-19,21H,11-13H2,1-3H3,(H2,23,24,25). The van der Waals surface area contributed by atoms with Crippen LogP contribution in [0.25, 0.3) is 0 Å². The Morgan fingerprint density at radius 1 is 1.18 bits per heavy atom. The van der Waals surface area contributed by atoms with Gasteiger partial charge in [-0.05, 0) is 59.4 Å². The number of rotatable bonds is 5. The van der Waals surface area contributed by atoms with Crippen molar-refractivity contribution >= 4 is 15.8 Å². The Morgan fingerprint density at radius 2 is 1.96 bits per heavy atom. The third-order valence-electron chi connectivity index (χ3n) is 6.03. The molecule has 28 heavy (non-hydrogen) atoms. The van der Waals surface area contributed by atoms with E-state index in [9.17, 15) is 8.42 Å². The van der Waals surface area contributed by atoms with Crippen molar-refractivity contribution in [2.45, 2.75) is 30.7 Å². The number of hydrogen-bond acceptors (Lipinski definition) is 3. The fourth-order valence-electron chi connectivity index (χ4n) is 4.62. The third kappa shape index (κ3) is 3.65. The van der Waals surface area contributed by atoms with E-state index in [1.54, 1.807) is 13.1 Å². The second kappa shape index (κ2) is 7.24. The SMILES string of the molecule is CN=C(NCc1ccc(S(C)(=O)=O)c(C)c1)NCC1C2Cc3ccccc3C12. The molecule has 1 saturated carbocycles. The number of nitrogens with one attached hydrogen (secondary N) is 2. The quantitative estimate of drug-likeness (QED) is 0.601. The van der Waals surface area contributed by atoms with E-state index in [1.807, 2.05) is 19.1 Å². The van der Waals surface area contributed by atoms with E-state index < -0.39 is 9.84 Å². The van der Waals surface area contributed by atoms with Gasteiger partial charge in [0.2, 0.25) is 0 Å². The second-order valence-electron chi connectivity index (χ2n) is 7.94. The lowest BCUT2D eigenvalue weighted by molar-refractivity contribution is 0.601. The van der Waals surface area contributed by atoms with Gasteiger partial charge in [0.25, 0.3) is 0 Å². The molecule has 2 N–H and O–H groups in total. The van der Waals surface area contributed by atoms with Gasteiger partial charge >= 0.3 is 0 Å². The topological polar surface area (TPSA) is 70.6 Å². The molecule has 0 heterocycles. The van der Waals surface area contributed by atoms with Crippen LogP contribution in [0, 0.1) is 18.8 Å². The van der Waals surface area contributed by atoms with Crippen LogP contribution in [0.5, 0.6) is 0 Å². The van der Waals surface area contributed by atoms with Crippen LogP contribution in [-0.4, -0.2) is 34.2 Å². The van der Waals surface area contributed by atoms with E-state index in [0.717, 1.165) is 29.5 Å². The first-order valence-corrected chi connectivity index (χ1v) is 11.6. The first-order chi connectivity index (χ1) is 13.4. The summed E-state index contributed by atoms with van der Waals surface area (Å²) in [7, 11) is -1.41. The molecule has 0 aromatic heterocycles. The second-order valence-corrected chi connectivity index (χ2v) is 9.92. The van der Waals surface area contributed by atoms with Crippen LogP contribution in [0.3, 0.4) is 0 Å². The fraction of sp³-hybridized carbons (Fsp3) is 0.409. The lowest BCUT2D eigenvalue weighted by Crippen LogP contribution is -2.38. The van der Waals surface area contributed by atoms with E-state index >= 15 is 0 Å². The van der Waals surface area contributed by atoms with Gasteiger partial charge < -0.3 is 10.6 Å². The molecule has 2 aliphatic rings. The Labute approximate surface area is 167 Å². The Hall–Kier alpha value is -2.34. The summed E-state index contributed by atoms with van der Waals surface area (Å²) in [6.45, 7) is 3.36. The molecular weight excluding hydrogens is 370 g/mol. The zero-order chi connectivity index (χ0) is 19.9. The van der Waals surface area contributed by atoms with Crippen LogP contribution in [0.4, 0.5) is 0 Å². The Bertz CT molecular complexity index is 1030. The molecule has 148 valence electrons. The molecule has 3 unspecified atom stereocenters. The van der Waals surface area contributed by atoms with Crippen molar-refractivity contribution in [2.75, 3.05) is 19.8 Å². The van der Waals surface area contributed by atoms with Gasteiger partial charge in [0.05, 0.1) is 4.90 Å². The Kier molecular flexibility index (Phi) is 4.91. The number of hydrogen-bond donors (Lipinski definition) is 2. The molecule has 5 nitrogen and oxygen atoms in total. The van der Waals surface area contributed by atoms with Crippen LogP contribution in [0.1, 0.15) is 28.2 Å². The summed E-state index contributed by atoms with van der Waals surface area (Å²) < 4.78 is 23.5. The summed E-state index contributed by atoms with van der Waals surface area (Å²) in [5.74, 6) is 2.94. The molecule has 1 fully saturated rings. The number of benzene rings is 2. The Balaban J connectivity index is 1.30. The maximum atomic E-state index is 11.7. The summed E-state index contributed by atoms with van der Waals surface area (Å²) in [4.78, 5) is 4.71. The van der Waals surface area contributed by atoms with E-state index in [2.05, 4.69) is 39.9 Å². The monoisotopic (exact) mass is 397 g/mol. The zero-order valence-corrected chi connectivity index (χ0v) is 17.4. The van der Waals surface area contributed by atoms with Crippen molar-refractivity contribution in [2.24, 2.45) is 16.8 Å². The summed E-state index contributed by atoms with van der Waals surface area (Å²) in [6.07, 6.45) is 2.44. The predicted molar refractivity (Wildman–Crippen MR) is 112 cm³/mol. The van der Waals surface area contributed by atoms with Gasteiger partial charge in [0.15, 0.2) is 15.8 Å². The number of aliphatic imine (C=N–C) groups is 1. The highest BCUT2D eigenvalue weighted by Gasteiger charge is 2.54. The largest absolute Gasteiger partial charge is 0.356 e. The van der Waals surface area contributed by atoms with Gasteiger partial charge in [-0.1, -0.05) is 36.4 Å². The highest BCUT2D eigenvalue weighted by Crippen LogP contribution is 2.60. The molecule has 6 heteroatoms. The van der Waals surface area contributed by atoms with Crippen molar-refractivity contribution in [3.63, 3.8) is 0 Å². The van der Waals surface area contributed by atoms with Gasteiger partial charge in [-0.3, -0.25) is 4.99 Å². The summed E-state index contributed by atoms with van der Waals surface area (Å²) in [5.41, 5.74) is 4.85. The van der Waals surface area contributed by atoms with Crippen LogP contribution >= 0.6 is 0 Å². The van der Waals surface area contributed by atoms with E-state index in [1.165, 1.54) is 23.8 Å². The van der Waals surface area contributed by atoms with Crippen LogP contribution in [0.2, 0.25) is 0 Å². The molecule has 2 aromatic carbocycles. The van der Waals surface area contributed by atoms with Crippen LogP contribution in [-0.2, 0) is 22.8 Å². The number of aryl methyl sites for hydroxylation is 1. The average molecular weight is 398 g/mol. The highest BCUT2D eigenvalue weighted by atomic mass is 32.2. The van der Waals surface area contributed by atoms with E-state index in [-0.39, 0.29) is 0 Å². The minimum absolute atomic E-state index is 0.388. The molecular formula is C22H27N3O2S. The molecule has 4 rings (SSSR count). The number of fused-ring (bicyclic) bond motifs is 3. The summed E-state index contributed by atoms with van der Waals surface area (Å²) in [6, 6.07) is 14.2. The van der Waals surface area contributed by atoms with E-state index in [0.29, 0.717) is 23.3 Å². The third-order valence-corrected chi connectivity index (χ3v) is 7.29. The summed E-state index contributed by atoms with van der Waals surface area (Å²) in [5, 5.41) is 6.78.